The van der Waals surface area contributed by atoms with Gasteiger partial charge in [-0.15, -0.1) is 0 Å². The molecule has 2 rings (SSSR count). The Morgan fingerprint density at radius 1 is 1.33 bits per heavy atom. The number of anilines is 1. The number of carboxylic acid groups (broad SMARTS) is 1. The Morgan fingerprint density at radius 2 is 2.05 bits per heavy atom. The second-order valence-corrected chi connectivity index (χ2v) is 5.34. The van der Waals surface area contributed by atoms with Crippen LogP contribution in [-0.2, 0) is 11.2 Å². The summed E-state index contributed by atoms with van der Waals surface area (Å²) in [7, 11) is 0. The Labute approximate surface area is 125 Å². The Morgan fingerprint density at radius 3 is 2.67 bits per heavy atom. The van der Waals surface area contributed by atoms with Crippen LogP contribution in [0.1, 0.15) is 25.8 Å². The number of hydrogen-bond donors (Lipinski definition) is 1. The maximum Gasteiger partial charge on any atom is 0.324 e. The maximum absolute atomic E-state index is 12.7. The number of rotatable bonds is 4. The lowest BCUT2D eigenvalue weighted by molar-refractivity contribution is -0.141. The van der Waals surface area contributed by atoms with E-state index in [1.807, 2.05) is 38.1 Å². The lowest BCUT2D eigenvalue weighted by atomic mass is 9.93. The van der Waals surface area contributed by atoms with E-state index in [1.165, 1.54) is 0 Å². The summed E-state index contributed by atoms with van der Waals surface area (Å²) in [6.45, 7) is 5.53. The largest absolute Gasteiger partial charge is 0.481 e. The van der Waals surface area contributed by atoms with E-state index in [0.29, 0.717) is 19.5 Å². The molecule has 0 spiro atoms. The number of carbonyl (C=O) groups excluding carboxylic acids is 1. The van der Waals surface area contributed by atoms with Gasteiger partial charge in [0, 0.05) is 25.3 Å². The van der Waals surface area contributed by atoms with E-state index in [9.17, 15) is 14.7 Å². The smallest absolute Gasteiger partial charge is 0.324 e. The van der Waals surface area contributed by atoms with E-state index >= 15 is 0 Å². The standard InChI is InChI=1S/C16H22N2O3/c1-3-9-17(4-2)16(21)18-11-13(15(19)20)10-12-7-5-6-8-14(12)18/h5-8,13H,3-4,9-11H2,1-2H3,(H,19,20). The molecule has 1 atom stereocenters. The number of nitrogens with zero attached hydrogens (tertiary/aromatic N) is 2. The van der Waals surface area contributed by atoms with Gasteiger partial charge in [0.15, 0.2) is 0 Å². The molecule has 0 fully saturated rings. The number of urea groups is 1. The van der Waals surface area contributed by atoms with Crippen LogP contribution < -0.4 is 4.90 Å². The van der Waals surface area contributed by atoms with Crippen LogP contribution in [0.3, 0.4) is 0 Å². The minimum atomic E-state index is -0.846. The number of carboxylic acids is 1. The molecule has 21 heavy (non-hydrogen) atoms. The Kier molecular flexibility index (Phi) is 4.83. The molecule has 5 heteroatoms. The summed E-state index contributed by atoms with van der Waals surface area (Å²) in [6.07, 6.45) is 1.37. The molecule has 114 valence electrons. The predicted molar refractivity (Wildman–Crippen MR) is 81.6 cm³/mol. The quantitative estimate of drug-likeness (QED) is 0.927. The second-order valence-electron chi connectivity index (χ2n) is 5.34. The van der Waals surface area contributed by atoms with E-state index in [4.69, 9.17) is 0 Å². The molecule has 5 nitrogen and oxygen atoms in total. The van der Waals surface area contributed by atoms with Crippen molar-refractivity contribution in [3.8, 4) is 0 Å². The van der Waals surface area contributed by atoms with Gasteiger partial charge >= 0.3 is 12.0 Å². The fourth-order valence-electron chi connectivity index (χ4n) is 2.77. The predicted octanol–water partition coefficient (Wildman–Crippen LogP) is 2.60. The van der Waals surface area contributed by atoms with Crippen LogP contribution in [0.2, 0.25) is 0 Å². The number of benzene rings is 1. The van der Waals surface area contributed by atoms with Gasteiger partial charge in [-0.25, -0.2) is 4.79 Å². The zero-order valence-electron chi connectivity index (χ0n) is 12.6. The first-order valence-electron chi connectivity index (χ1n) is 7.45. The third kappa shape index (κ3) is 3.17. The van der Waals surface area contributed by atoms with Crippen molar-refractivity contribution in [2.24, 2.45) is 5.92 Å². The van der Waals surface area contributed by atoms with Gasteiger partial charge in [0.2, 0.25) is 0 Å². The van der Waals surface area contributed by atoms with Crippen LogP contribution in [-0.4, -0.2) is 41.6 Å². The van der Waals surface area contributed by atoms with Gasteiger partial charge in [0.05, 0.1) is 5.92 Å². The van der Waals surface area contributed by atoms with Crippen molar-refractivity contribution in [3.63, 3.8) is 0 Å². The van der Waals surface area contributed by atoms with Crippen molar-refractivity contribution in [1.82, 2.24) is 4.90 Å². The van der Waals surface area contributed by atoms with Gasteiger partial charge in [-0.2, -0.15) is 0 Å². The molecule has 0 saturated heterocycles. The van der Waals surface area contributed by atoms with Gasteiger partial charge < -0.3 is 10.0 Å². The highest BCUT2D eigenvalue weighted by molar-refractivity contribution is 5.94. The highest BCUT2D eigenvalue weighted by atomic mass is 16.4. The fraction of sp³-hybridized carbons (Fsp3) is 0.500. The van der Waals surface area contributed by atoms with Crippen LogP contribution in [0.15, 0.2) is 24.3 Å². The number of fused-ring (bicyclic) bond motifs is 1. The van der Waals surface area contributed by atoms with Crippen molar-refractivity contribution in [2.45, 2.75) is 26.7 Å². The molecule has 1 aliphatic heterocycles. The molecule has 0 bridgehead atoms. The molecule has 1 unspecified atom stereocenters. The number of amides is 2. The monoisotopic (exact) mass is 290 g/mol. The highest BCUT2D eigenvalue weighted by Crippen LogP contribution is 2.30. The first-order valence-corrected chi connectivity index (χ1v) is 7.45. The number of carbonyl (C=O) groups is 2. The minimum Gasteiger partial charge on any atom is -0.481 e. The SMILES string of the molecule is CCCN(CC)C(=O)N1CC(C(=O)O)Cc2ccccc21. The molecule has 0 aliphatic carbocycles. The topological polar surface area (TPSA) is 60.9 Å². The second kappa shape index (κ2) is 6.61. The minimum absolute atomic E-state index is 0.0993. The van der Waals surface area contributed by atoms with Crippen LogP contribution in [0.5, 0.6) is 0 Å². The van der Waals surface area contributed by atoms with Gasteiger partial charge in [0.1, 0.15) is 0 Å². The molecule has 0 aromatic heterocycles. The van der Waals surface area contributed by atoms with Crippen molar-refractivity contribution < 1.29 is 14.7 Å². The van der Waals surface area contributed by atoms with Gasteiger partial charge in [-0.1, -0.05) is 25.1 Å². The summed E-state index contributed by atoms with van der Waals surface area (Å²) < 4.78 is 0. The van der Waals surface area contributed by atoms with Gasteiger partial charge in [-0.3, -0.25) is 9.69 Å². The lowest BCUT2D eigenvalue weighted by Gasteiger charge is -2.36. The van der Waals surface area contributed by atoms with E-state index in [2.05, 4.69) is 0 Å². The summed E-state index contributed by atoms with van der Waals surface area (Å²) in [6, 6.07) is 7.47. The van der Waals surface area contributed by atoms with E-state index in [1.54, 1.807) is 9.80 Å². The number of hydrogen-bond acceptors (Lipinski definition) is 2. The van der Waals surface area contributed by atoms with Crippen LogP contribution >= 0.6 is 0 Å². The molecule has 1 aliphatic rings. The molecular weight excluding hydrogens is 268 g/mol. The Bertz CT molecular complexity index is 530. The molecule has 0 radical (unpaired) electrons. The first-order chi connectivity index (χ1) is 10.1. The fourth-order valence-corrected chi connectivity index (χ4v) is 2.77. The Balaban J connectivity index is 2.32. The van der Waals surface area contributed by atoms with E-state index < -0.39 is 11.9 Å². The Hall–Kier alpha value is -2.04. The van der Waals surface area contributed by atoms with Crippen molar-refractivity contribution in [3.05, 3.63) is 29.8 Å². The third-order valence-electron chi connectivity index (χ3n) is 3.88. The summed E-state index contributed by atoms with van der Waals surface area (Å²) in [5.74, 6) is -1.38. The first kappa shape index (κ1) is 15.4. The van der Waals surface area contributed by atoms with Crippen LogP contribution in [0, 0.1) is 5.92 Å². The molecule has 1 N–H and O–H groups in total. The average Bonchev–Trinajstić information content (AvgIpc) is 2.50. The third-order valence-corrected chi connectivity index (χ3v) is 3.88. The maximum atomic E-state index is 12.7. The summed E-state index contributed by atoms with van der Waals surface area (Å²) >= 11 is 0. The van der Waals surface area contributed by atoms with Crippen molar-refractivity contribution in [1.29, 1.82) is 0 Å². The van der Waals surface area contributed by atoms with Crippen LogP contribution in [0.4, 0.5) is 10.5 Å². The molecule has 1 aromatic carbocycles. The molecule has 2 amide bonds. The summed E-state index contributed by atoms with van der Waals surface area (Å²) in [5.41, 5.74) is 1.77. The zero-order chi connectivity index (χ0) is 15.4. The number of aliphatic carboxylic acids is 1. The normalized spacial score (nSPS) is 17.2. The average molecular weight is 290 g/mol. The molecule has 0 saturated carbocycles. The van der Waals surface area contributed by atoms with E-state index in [-0.39, 0.29) is 12.6 Å². The highest BCUT2D eigenvalue weighted by Gasteiger charge is 2.33. The number of para-hydroxylation sites is 1. The summed E-state index contributed by atoms with van der Waals surface area (Å²) in [5, 5.41) is 9.31. The van der Waals surface area contributed by atoms with Crippen molar-refractivity contribution in [2.75, 3.05) is 24.5 Å². The summed E-state index contributed by atoms with van der Waals surface area (Å²) in [4.78, 5) is 27.4. The molecule has 1 aromatic rings. The lowest BCUT2D eigenvalue weighted by Crippen LogP contribution is -2.49. The molecular formula is C16H22N2O3. The van der Waals surface area contributed by atoms with Crippen molar-refractivity contribution >= 4 is 17.7 Å². The zero-order valence-corrected chi connectivity index (χ0v) is 12.6. The van der Waals surface area contributed by atoms with E-state index in [0.717, 1.165) is 17.7 Å². The molecule has 1 heterocycles. The van der Waals surface area contributed by atoms with Gasteiger partial charge in [0.25, 0.3) is 0 Å². The van der Waals surface area contributed by atoms with Crippen LogP contribution in [0.25, 0.3) is 0 Å². The van der Waals surface area contributed by atoms with Gasteiger partial charge in [-0.05, 0) is 31.4 Å².